The predicted molar refractivity (Wildman–Crippen MR) is 134 cm³/mol. The maximum atomic E-state index is 2.57. The Hall–Kier alpha value is -1.41. The molecule has 0 atom stereocenters. The fraction of sp³-hybridized carbons (Fsp3) is 0.607. The predicted octanol–water partition coefficient (Wildman–Crippen LogP) is 7.67. The summed E-state index contributed by atoms with van der Waals surface area (Å²) in [4.78, 5) is 0. The van der Waals surface area contributed by atoms with Crippen LogP contribution in [0.1, 0.15) is 82.6 Å². The molecule has 1 aromatic carbocycles. The van der Waals surface area contributed by atoms with Gasteiger partial charge in [0.15, 0.2) is 6.20 Å². The quantitative estimate of drug-likeness (QED) is 0.345. The van der Waals surface area contributed by atoms with E-state index in [0.717, 1.165) is 5.92 Å². The van der Waals surface area contributed by atoms with E-state index in [-0.39, 0.29) is 10.8 Å². The molecular formula is C28H44NSi+. The lowest BCUT2D eigenvalue weighted by Gasteiger charge is -2.35. The largest absolute Gasteiger partial charge is 0.212 e. The highest BCUT2D eigenvalue weighted by Gasteiger charge is 2.34. The molecule has 2 heterocycles. The minimum atomic E-state index is -0.941. The van der Waals surface area contributed by atoms with Crippen LogP contribution in [0.2, 0.25) is 25.2 Å². The zero-order valence-corrected chi connectivity index (χ0v) is 22.2. The molecule has 0 unspecified atom stereocenters. The van der Waals surface area contributed by atoms with Crippen molar-refractivity contribution in [3.05, 3.63) is 52.7 Å². The minimum Gasteiger partial charge on any atom is -0.201 e. The zero-order chi connectivity index (χ0) is 22.5. The van der Waals surface area contributed by atoms with Crippen molar-refractivity contribution in [3.8, 4) is 11.3 Å². The van der Waals surface area contributed by atoms with Gasteiger partial charge in [-0.3, -0.25) is 0 Å². The summed E-state index contributed by atoms with van der Waals surface area (Å²) in [5, 5.41) is 0. The summed E-state index contributed by atoms with van der Waals surface area (Å²) in [5.41, 5.74) is 8.96. The van der Waals surface area contributed by atoms with E-state index in [1.807, 2.05) is 0 Å². The smallest absolute Gasteiger partial charge is 0.201 e. The maximum Gasteiger partial charge on any atom is 0.212 e. The average molecular weight is 423 g/mol. The third kappa shape index (κ3) is 4.90. The number of hydrogen-bond acceptors (Lipinski definition) is 0. The highest BCUT2D eigenvalue weighted by Crippen LogP contribution is 2.42. The van der Waals surface area contributed by atoms with Crippen LogP contribution in [0.5, 0.6) is 0 Å². The summed E-state index contributed by atoms with van der Waals surface area (Å²) in [5.74, 6) is 0.726. The molecule has 1 fully saturated rings. The van der Waals surface area contributed by atoms with Gasteiger partial charge in [0.2, 0.25) is 5.69 Å². The van der Waals surface area contributed by atoms with Crippen molar-refractivity contribution < 1.29 is 4.57 Å². The fourth-order valence-electron chi connectivity index (χ4n) is 5.04. The Morgan fingerprint density at radius 1 is 0.900 bits per heavy atom. The average Bonchev–Trinajstić information content (AvgIpc) is 2.60. The zero-order valence-electron chi connectivity index (χ0n) is 21.2. The topological polar surface area (TPSA) is 3.88 Å². The number of nitrogens with zero attached hydrogens (tertiary/aromatic N) is 1. The van der Waals surface area contributed by atoms with E-state index >= 15 is 0 Å². The second-order valence-corrected chi connectivity index (χ2v) is 17.9. The minimum absolute atomic E-state index is 0.155. The third-order valence-corrected chi connectivity index (χ3v) is 10.5. The summed E-state index contributed by atoms with van der Waals surface area (Å²) < 4.78 is 2.39. The van der Waals surface area contributed by atoms with Gasteiger partial charge in [-0.25, -0.2) is 4.57 Å². The molecule has 0 radical (unpaired) electrons. The Balaban J connectivity index is 2.08. The van der Waals surface area contributed by atoms with Crippen LogP contribution >= 0.6 is 0 Å². The molecule has 0 N–H and O–H groups in total. The van der Waals surface area contributed by atoms with E-state index in [1.54, 1.807) is 11.1 Å². The first-order chi connectivity index (χ1) is 13.7. The number of pyridine rings is 1. The summed E-state index contributed by atoms with van der Waals surface area (Å²) >= 11 is 0. The molecule has 30 heavy (non-hydrogen) atoms. The van der Waals surface area contributed by atoms with Gasteiger partial charge in [-0.15, -0.1) is 0 Å². The molecule has 1 aromatic heterocycles. The molecule has 2 aromatic rings. The van der Waals surface area contributed by atoms with Crippen molar-refractivity contribution in [2.75, 3.05) is 0 Å². The standard InChI is InChI=1S/C28H44NSi/c1-20-17-22(27(2,3)4)11-12-23(20)26-18-25(28(5,6)7)24(19-29(26)8)21-13-15-30(9,10)16-14-21/h11-12,17-19,21H,13-16H2,1-10H3/q+1. The van der Waals surface area contributed by atoms with Gasteiger partial charge < -0.3 is 0 Å². The number of aryl methyl sites for hydroxylation is 2. The van der Waals surface area contributed by atoms with Crippen molar-refractivity contribution in [2.24, 2.45) is 7.05 Å². The molecule has 3 rings (SSSR count). The molecule has 0 aliphatic carbocycles. The number of benzene rings is 1. The second-order valence-electron chi connectivity index (χ2n) is 12.6. The summed E-state index contributed by atoms with van der Waals surface area (Å²) in [6.07, 6.45) is 5.22. The lowest BCUT2D eigenvalue weighted by molar-refractivity contribution is -0.661. The molecule has 1 aliphatic heterocycles. The Bertz CT molecular complexity index is 915. The van der Waals surface area contributed by atoms with Crippen LogP contribution in [-0.2, 0) is 17.9 Å². The molecule has 164 valence electrons. The Labute approximate surface area is 186 Å². The molecule has 0 spiro atoms. The van der Waals surface area contributed by atoms with Gasteiger partial charge >= 0.3 is 0 Å². The van der Waals surface area contributed by atoms with Crippen LogP contribution < -0.4 is 4.57 Å². The Kier molecular flexibility index (Phi) is 6.15. The van der Waals surface area contributed by atoms with Crippen LogP contribution in [0.3, 0.4) is 0 Å². The van der Waals surface area contributed by atoms with Gasteiger partial charge in [-0.2, -0.15) is 0 Å². The summed E-state index contributed by atoms with van der Waals surface area (Å²) in [6, 6.07) is 12.5. The van der Waals surface area contributed by atoms with Gasteiger partial charge in [-0.05, 0) is 59.3 Å². The monoisotopic (exact) mass is 422 g/mol. The van der Waals surface area contributed by atoms with Gasteiger partial charge in [0.1, 0.15) is 7.05 Å². The van der Waals surface area contributed by atoms with Crippen molar-refractivity contribution in [1.82, 2.24) is 0 Å². The van der Waals surface area contributed by atoms with E-state index in [9.17, 15) is 0 Å². The van der Waals surface area contributed by atoms with Crippen molar-refractivity contribution in [3.63, 3.8) is 0 Å². The summed E-state index contributed by atoms with van der Waals surface area (Å²) in [7, 11) is 1.30. The summed E-state index contributed by atoms with van der Waals surface area (Å²) in [6.45, 7) is 21.4. The molecule has 1 saturated heterocycles. The van der Waals surface area contributed by atoms with E-state index < -0.39 is 8.07 Å². The highest BCUT2D eigenvalue weighted by atomic mass is 28.3. The molecule has 0 amide bonds. The van der Waals surface area contributed by atoms with Crippen LogP contribution in [-0.4, -0.2) is 8.07 Å². The highest BCUT2D eigenvalue weighted by molar-refractivity contribution is 6.77. The van der Waals surface area contributed by atoms with Crippen LogP contribution in [0, 0.1) is 6.92 Å². The molecule has 1 aliphatic rings. The SMILES string of the molecule is Cc1cc(C(C)(C)C)ccc1-c1cc(C(C)(C)C)c(C2CC[Si](C)(C)CC2)c[n+]1C. The van der Waals surface area contributed by atoms with E-state index in [2.05, 4.69) is 104 Å². The van der Waals surface area contributed by atoms with Gasteiger partial charge in [0.05, 0.1) is 0 Å². The van der Waals surface area contributed by atoms with Gasteiger partial charge in [0, 0.05) is 25.3 Å². The van der Waals surface area contributed by atoms with Crippen molar-refractivity contribution >= 4 is 8.07 Å². The molecule has 0 saturated carbocycles. The third-order valence-electron chi connectivity index (χ3n) is 7.26. The van der Waals surface area contributed by atoms with E-state index in [1.165, 1.54) is 47.3 Å². The first-order valence-electron chi connectivity index (χ1n) is 11.8. The maximum absolute atomic E-state index is 2.57. The van der Waals surface area contributed by atoms with Crippen LogP contribution in [0.4, 0.5) is 0 Å². The number of aromatic nitrogens is 1. The molecule has 0 bridgehead atoms. The van der Waals surface area contributed by atoms with Crippen molar-refractivity contribution in [1.29, 1.82) is 0 Å². The normalized spacial score (nSPS) is 17.9. The number of rotatable bonds is 2. The lowest BCUT2D eigenvalue weighted by atomic mass is 9.78. The Morgan fingerprint density at radius 2 is 1.50 bits per heavy atom. The molecular weight excluding hydrogens is 378 g/mol. The van der Waals surface area contributed by atoms with Gasteiger partial charge in [0.25, 0.3) is 0 Å². The second kappa shape index (κ2) is 7.93. The molecule has 2 heteroatoms. The van der Waals surface area contributed by atoms with Crippen LogP contribution in [0.15, 0.2) is 30.5 Å². The first-order valence-corrected chi connectivity index (χ1v) is 15.3. The Morgan fingerprint density at radius 3 is 2.00 bits per heavy atom. The fourth-order valence-corrected chi connectivity index (χ4v) is 7.55. The van der Waals surface area contributed by atoms with Crippen LogP contribution in [0.25, 0.3) is 11.3 Å². The lowest BCUT2D eigenvalue weighted by Crippen LogP contribution is -2.36. The van der Waals surface area contributed by atoms with Crippen molar-refractivity contribution in [2.45, 2.75) is 103 Å². The first kappa shape index (κ1) is 23.3. The van der Waals surface area contributed by atoms with Gasteiger partial charge in [-0.1, -0.05) is 78.9 Å². The van der Waals surface area contributed by atoms with E-state index in [4.69, 9.17) is 0 Å². The van der Waals surface area contributed by atoms with E-state index in [0.29, 0.717) is 0 Å². The molecule has 1 nitrogen and oxygen atoms in total. The number of hydrogen-bond donors (Lipinski definition) is 0.